The van der Waals surface area contributed by atoms with Crippen LogP contribution >= 0.6 is 0 Å². The van der Waals surface area contributed by atoms with E-state index < -0.39 is 18.0 Å². The lowest BCUT2D eigenvalue weighted by Gasteiger charge is -2.12. The Morgan fingerprint density at radius 2 is 2.06 bits per heavy atom. The van der Waals surface area contributed by atoms with Crippen LogP contribution in [0, 0.1) is 5.92 Å². The van der Waals surface area contributed by atoms with Crippen LogP contribution in [-0.2, 0) is 4.79 Å². The van der Waals surface area contributed by atoms with Crippen molar-refractivity contribution < 1.29 is 19.8 Å². The Kier molecular flexibility index (Phi) is 4.65. The van der Waals surface area contributed by atoms with Gasteiger partial charge >= 0.3 is 6.03 Å². The van der Waals surface area contributed by atoms with E-state index in [4.69, 9.17) is 5.11 Å². The number of nitrogens with one attached hydrogen (secondary N) is 2. The molecule has 0 spiro atoms. The lowest BCUT2D eigenvalue weighted by atomic mass is 10.1. The summed E-state index contributed by atoms with van der Waals surface area (Å²) in [5, 5.41) is 23.2. The molecule has 0 aromatic carbocycles. The van der Waals surface area contributed by atoms with Crippen molar-refractivity contribution in [2.75, 3.05) is 6.61 Å². The molecule has 4 N–H and O–H groups in total. The van der Waals surface area contributed by atoms with Crippen molar-refractivity contribution in [3.8, 4) is 0 Å². The van der Waals surface area contributed by atoms with E-state index in [-0.39, 0.29) is 24.1 Å². The summed E-state index contributed by atoms with van der Waals surface area (Å²) in [5.74, 6) is -0.739. The molecule has 17 heavy (non-hydrogen) atoms. The monoisotopic (exact) mass is 242 g/mol. The van der Waals surface area contributed by atoms with E-state index in [2.05, 4.69) is 17.2 Å². The van der Waals surface area contributed by atoms with E-state index in [1.807, 2.05) is 0 Å². The lowest BCUT2D eigenvalue weighted by Crippen LogP contribution is -2.44. The first-order valence-corrected chi connectivity index (χ1v) is 5.50. The molecule has 0 aliphatic heterocycles. The van der Waals surface area contributed by atoms with Gasteiger partial charge in [0.2, 0.25) is 0 Å². The number of hydrogen-bond donors (Lipinski definition) is 4. The van der Waals surface area contributed by atoms with E-state index in [0.29, 0.717) is 12.8 Å². The van der Waals surface area contributed by atoms with Gasteiger partial charge in [0.25, 0.3) is 5.91 Å². The number of aliphatic hydroxyl groups is 2. The first-order chi connectivity index (χ1) is 7.93. The normalized spacial score (nSPS) is 27.6. The fraction of sp³-hybridized carbons (Fsp3) is 0.636. The van der Waals surface area contributed by atoms with Crippen molar-refractivity contribution in [2.24, 2.45) is 5.92 Å². The van der Waals surface area contributed by atoms with Crippen molar-refractivity contribution in [1.82, 2.24) is 10.6 Å². The van der Waals surface area contributed by atoms with E-state index in [1.165, 1.54) is 6.92 Å². The molecule has 3 atom stereocenters. The second kappa shape index (κ2) is 5.79. The van der Waals surface area contributed by atoms with Gasteiger partial charge in [-0.25, -0.2) is 4.79 Å². The molecule has 96 valence electrons. The summed E-state index contributed by atoms with van der Waals surface area (Å²) in [4.78, 5) is 22.5. The average Bonchev–Trinajstić information content (AvgIpc) is 2.58. The molecule has 3 amide bonds. The first-order valence-electron chi connectivity index (χ1n) is 5.50. The Morgan fingerprint density at radius 3 is 2.53 bits per heavy atom. The number of imide groups is 1. The first kappa shape index (κ1) is 13.7. The fourth-order valence-corrected chi connectivity index (χ4v) is 1.85. The Hall–Kier alpha value is -1.40. The highest BCUT2D eigenvalue weighted by molar-refractivity contribution is 6.03. The van der Waals surface area contributed by atoms with Gasteiger partial charge in [-0.3, -0.25) is 10.1 Å². The summed E-state index contributed by atoms with van der Waals surface area (Å²) >= 11 is 0. The second-order valence-corrected chi connectivity index (χ2v) is 4.39. The Morgan fingerprint density at radius 1 is 1.41 bits per heavy atom. The third-order valence-electron chi connectivity index (χ3n) is 2.84. The van der Waals surface area contributed by atoms with Crippen LogP contribution in [0.15, 0.2) is 12.2 Å². The zero-order valence-corrected chi connectivity index (χ0v) is 9.77. The molecule has 0 bridgehead atoms. The summed E-state index contributed by atoms with van der Waals surface area (Å²) in [6.45, 7) is 4.81. The Bertz CT molecular complexity index is 329. The van der Waals surface area contributed by atoms with Gasteiger partial charge in [0.05, 0.1) is 6.10 Å². The number of urea groups is 1. The topological polar surface area (TPSA) is 98.7 Å². The van der Waals surface area contributed by atoms with Gasteiger partial charge in [-0.15, -0.1) is 0 Å². The van der Waals surface area contributed by atoms with Gasteiger partial charge in [-0.05, 0) is 19.8 Å². The highest BCUT2D eigenvalue weighted by Gasteiger charge is 2.33. The van der Waals surface area contributed by atoms with E-state index in [0.717, 1.165) is 0 Å². The smallest absolute Gasteiger partial charge is 0.321 e. The van der Waals surface area contributed by atoms with Crippen LogP contribution in [0.25, 0.3) is 0 Å². The van der Waals surface area contributed by atoms with Gasteiger partial charge in [0.1, 0.15) is 0 Å². The number of carbonyl (C=O) groups is 2. The third-order valence-corrected chi connectivity index (χ3v) is 2.84. The van der Waals surface area contributed by atoms with Crippen LogP contribution in [0.2, 0.25) is 0 Å². The van der Waals surface area contributed by atoms with E-state index >= 15 is 0 Å². The summed E-state index contributed by atoms with van der Waals surface area (Å²) in [5.41, 5.74) is 0.250. The van der Waals surface area contributed by atoms with Crippen LogP contribution in [0.4, 0.5) is 4.79 Å². The lowest BCUT2D eigenvalue weighted by molar-refractivity contribution is -0.116. The van der Waals surface area contributed by atoms with Gasteiger partial charge in [0.15, 0.2) is 0 Å². The van der Waals surface area contributed by atoms with Gasteiger partial charge in [-0.1, -0.05) is 6.58 Å². The molecule has 1 fully saturated rings. The molecule has 0 aromatic heterocycles. The molecular formula is C11H18N2O4. The Labute approximate surface area is 99.7 Å². The SMILES string of the molecule is C=C(C)C(=O)NC(=O)N[C@@H]1C[C@H](CO)[C@@H](O)C1. The van der Waals surface area contributed by atoms with Crippen molar-refractivity contribution >= 4 is 11.9 Å². The average molecular weight is 242 g/mol. The van der Waals surface area contributed by atoms with Crippen LogP contribution in [0.3, 0.4) is 0 Å². The number of hydrogen-bond acceptors (Lipinski definition) is 4. The third kappa shape index (κ3) is 3.83. The van der Waals surface area contributed by atoms with Crippen molar-refractivity contribution in [3.05, 3.63) is 12.2 Å². The maximum atomic E-state index is 11.4. The van der Waals surface area contributed by atoms with Gasteiger partial charge in [-0.2, -0.15) is 0 Å². The molecule has 0 saturated heterocycles. The minimum absolute atomic E-state index is 0.105. The van der Waals surface area contributed by atoms with E-state index in [1.54, 1.807) is 0 Å². The zero-order chi connectivity index (χ0) is 13.0. The standard InChI is InChI=1S/C11H18N2O4/c1-6(2)10(16)13-11(17)12-8-3-7(5-14)9(15)4-8/h7-9,14-15H,1,3-5H2,2H3,(H2,12,13,16,17)/t7-,8-,9+/m1/s1. The highest BCUT2D eigenvalue weighted by atomic mass is 16.3. The van der Waals surface area contributed by atoms with Crippen molar-refractivity contribution in [3.63, 3.8) is 0 Å². The van der Waals surface area contributed by atoms with Crippen LogP contribution < -0.4 is 10.6 Å². The molecule has 6 heteroatoms. The molecule has 1 aliphatic rings. The number of amides is 3. The molecule has 0 heterocycles. The summed E-state index contributed by atoms with van der Waals surface area (Å²) in [6, 6.07) is -0.825. The number of aliphatic hydroxyl groups excluding tert-OH is 2. The molecular weight excluding hydrogens is 224 g/mol. The zero-order valence-electron chi connectivity index (χ0n) is 9.77. The maximum absolute atomic E-state index is 11.4. The molecule has 1 rings (SSSR count). The number of rotatable bonds is 3. The largest absolute Gasteiger partial charge is 0.396 e. The maximum Gasteiger partial charge on any atom is 0.321 e. The predicted molar refractivity (Wildman–Crippen MR) is 61.1 cm³/mol. The Balaban J connectivity index is 2.38. The van der Waals surface area contributed by atoms with Gasteiger partial charge < -0.3 is 15.5 Å². The second-order valence-electron chi connectivity index (χ2n) is 4.39. The van der Waals surface area contributed by atoms with Crippen LogP contribution in [-0.4, -0.2) is 40.9 Å². The molecule has 0 aromatic rings. The van der Waals surface area contributed by atoms with Crippen molar-refractivity contribution in [1.29, 1.82) is 0 Å². The summed E-state index contributed by atoms with van der Waals surface area (Å²) in [6.07, 6.45) is 0.286. The van der Waals surface area contributed by atoms with Crippen LogP contribution in [0.1, 0.15) is 19.8 Å². The minimum Gasteiger partial charge on any atom is -0.396 e. The molecule has 1 saturated carbocycles. The number of carbonyl (C=O) groups excluding carboxylic acids is 2. The summed E-state index contributed by atoms with van der Waals surface area (Å²) < 4.78 is 0. The quantitative estimate of drug-likeness (QED) is 0.502. The molecule has 6 nitrogen and oxygen atoms in total. The minimum atomic E-state index is -0.609. The van der Waals surface area contributed by atoms with Crippen LogP contribution in [0.5, 0.6) is 0 Å². The molecule has 0 radical (unpaired) electrons. The molecule has 0 unspecified atom stereocenters. The van der Waals surface area contributed by atoms with Gasteiger partial charge in [0, 0.05) is 24.1 Å². The van der Waals surface area contributed by atoms with Crippen molar-refractivity contribution in [2.45, 2.75) is 31.9 Å². The fourth-order valence-electron chi connectivity index (χ4n) is 1.85. The summed E-state index contributed by atoms with van der Waals surface area (Å²) in [7, 11) is 0. The highest BCUT2D eigenvalue weighted by Crippen LogP contribution is 2.25. The van der Waals surface area contributed by atoms with E-state index in [9.17, 15) is 14.7 Å². The molecule has 1 aliphatic carbocycles. The predicted octanol–water partition coefficient (Wildman–Crippen LogP) is -0.480.